The van der Waals surface area contributed by atoms with E-state index in [1.165, 1.54) is 0 Å². The first-order chi connectivity index (χ1) is 9.31. The molecule has 0 radical (unpaired) electrons. The van der Waals surface area contributed by atoms with Gasteiger partial charge in [-0.15, -0.1) is 0 Å². The number of hydrogen-bond donors (Lipinski definition) is 2. The summed E-state index contributed by atoms with van der Waals surface area (Å²) < 4.78 is 11.1. The second kappa shape index (κ2) is 6.99. The number of nitrogens with one attached hydrogen (secondary N) is 2. The van der Waals surface area contributed by atoms with E-state index in [4.69, 9.17) is 9.47 Å². The average molecular weight is 264 g/mol. The summed E-state index contributed by atoms with van der Waals surface area (Å²) in [5, 5.41) is 5.92. The molecule has 104 valence electrons. The van der Waals surface area contributed by atoms with Crippen molar-refractivity contribution >= 4 is 5.91 Å². The van der Waals surface area contributed by atoms with Crippen LogP contribution in [-0.4, -0.2) is 39.3 Å². The van der Waals surface area contributed by atoms with Gasteiger partial charge in [0.25, 0.3) is 5.91 Å². The molecule has 0 atom stereocenters. The van der Waals surface area contributed by atoms with E-state index in [1.807, 2.05) is 7.05 Å². The molecule has 0 saturated carbocycles. The predicted molar refractivity (Wildman–Crippen MR) is 72.9 cm³/mol. The zero-order valence-electron chi connectivity index (χ0n) is 11.2. The van der Waals surface area contributed by atoms with Gasteiger partial charge in [0, 0.05) is 18.5 Å². The van der Waals surface area contributed by atoms with Crippen molar-refractivity contribution < 1.29 is 14.3 Å². The van der Waals surface area contributed by atoms with Gasteiger partial charge in [-0.2, -0.15) is 0 Å². The minimum atomic E-state index is -0.0771. The summed E-state index contributed by atoms with van der Waals surface area (Å²) in [6.07, 6.45) is 1.77. The molecule has 2 N–H and O–H groups in total. The number of rotatable bonds is 5. The van der Waals surface area contributed by atoms with Crippen LogP contribution in [-0.2, 0) is 0 Å². The van der Waals surface area contributed by atoms with E-state index in [0.717, 1.165) is 19.4 Å². The minimum Gasteiger partial charge on any atom is -0.490 e. The third kappa shape index (κ3) is 3.86. The largest absolute Gasteiger partial charge is 0.490 e. The third-order valence-electron chi connectivity index (χ3n) is 2.90. The number of ether oxygens (including phenoxy) is 2. The van der Waals surface area contributed by atoms with E-state index in [0.29, 0.717) is 36.8 Å². The molecule has 0 unspecified atom stereocenters. The smallest absolute Gasteiger partial charge is 0.251 e. The molecule has 0 spiro atoms. The van der Waals surface area contributed by atoms with Crippen LogP contribution >= 0.6 is 0 Å². The van der Waals surface area contributed by atoms with Crippen LogP contribution in [0, 0.1) is 0 Å². The highest BCUT2D eigenvalue weighted by Gasteiger charge is 2.13. The van der Waals surface area contributed by atoms with Crippen LogP contribution in [0.15, 0.2) is 18.2 Å². The molecule has 1 amide bonds. The van der Waals surface area contributed by atoms with Crippen molar-refractivity contribution in [2.24, 2.45) is 0 Å². The summed E-state index contributed by atoms with van der Waals surface area (Å²) in [5.41, 5.74) is 0.605. The maximum Gasteiger partial charge on any atom is 0.251 e. The fourth-order valence-electron chi connectivity index (χ4n) is 1.87. The number of carbonyl (C=O) groups excluding carboxylic acids is 1. The molecule has 2 rings (SSSR count). The molecule has 5 nitrogen and oxygen atoms in total. The van der Waals surface area contributed by atoms with E-state index in [-0.39, 0.29) is 5.91 Å². The Kier molecular flexibility index (Phi) is 5.03. The summed E-state index contributed by atoms with van der Waals surface area (Å²) in [6.45, 7) is 2.83. The quantitative estimate of drug-likeness (QED) is 0.784. The van der Waals surface area contributed by atoms with Crippen LogP contribution in [0.2, 0.25) is 0 Å². The second-order valence-electron chi connectivity index (χ2n) is 4.42. The van der Waals surface area contributed by atoms with Crippen LogP contribution in [0.3, 0.4) is 0 Å². The zero-order chi connectivity index (χ0) is 13.5. The van der Waals surface area contributed by atoms with Gasteiger partial charge in [-0.25, -0.2) is 0 Å². The molecule has 1 heterocycles. The third-order valence-corrected chi connectivity index (χ3v) is 2.90. The first-order valence-corrected chi connectivity index (χ1v) is 6.63. The standard InChI is InChI=1S/C14H20N2O3/c1-15-6-2-7-16-14(17)11-4-5-12-13(10-11)19-9-3-8-18-12/h4-5,10,15H,2-3,6-9H2,1H3,(H,16,17). The lowest BCUT2D eigenvalue weighted by Gasteiger charge is -2.09. The van der Waals surface area contributed by atoms with Crippen molar-refractivity contribution in [2.75, 3.05) is 33.4 Å². The van der Waals surface area contributed by atoms with Gasteiger partial charge in [0.15, 0.2) is 11.5 Å². The van der Waals surface area contributed by atoms with E-state index < -0.39 is 0 Å². The highest BCUT2D eigenvalue weighted by molar-refractivity contribution is 5.94. The van der Waals surface area contributed by atoms with E-state index in [2.05, 4.69) is 10.6 Å². The number of amides is 1. The van der Waals surface area contributed by atoms with E-state index in [9.17, 15) is 4.79 Å². The first kappa shape index (κ1) is 13.7. The van der Waals surface area contributed by atoms with E-state index >= 15 is 0 Å². The lowest BCUT2D eigenvalue weighted by atomic mass is 10.2. The Morgan fingerprint density at radius 3 is 2.79 bits per heavy atom. The highest BCUT2D eigenvalue weighted by Crippen LogP contribution is 2.30. The van der Waals surface area contributed by atoms with Crippen molar-refractivity contribution in [1.29, 1.82) is 0 Å². The maximum absolute atomic E-state index is 12.0. The second-order valence-corrected chi connectivity index (χ2v) is 4.42. The zero-order valence-corrected chi connectivity index (χ0v) is 11.2. The van der Waals surface area contributed by atoms with E-state index in [1.54, 1.807) is 18.2 Å². The van der Waals surface area contributed by atoms with Gasteiger partial charge in [0.05, 0.1) is 13.2 Å². The van der Waals surface area contributed by atoms with Crippen LogP contribution in [0.25, 0.3) is 0 Å². The van der Waals surface area contributed by atoms with Gasteiger partial charge < -0.3 is 20.1 Å². The molecule has 1 aromatic carbocycles. The van der Waals surface area contributed by atoms with Crippen molar-refractivity contribution in [3.8, 4) is 11.5 Å². The van der Waals surface area contributed by atoms with Gasteiger partial charge in [0.1, 0.15) is 0 Å². The lowest BCUT2D eigenvalue weighted by Crippen LogP contribution is -2.26. The predicted octanol–water partition coefficient (Wildman–Crippen LogP) is 1.19. The molecular weight excluding hydrogens is 244 g/mol. The monoisotopic (exact) mass is 264 g/mol. The topological polar surface area (TPSA) is 59.6 Å². The van der Waals surface area contributed by atoms with Crippen LogP contribution in [0.1, 0.15) is 23.2 Å². The van der Waals surface area contributed by atoms with Crippen molar-refractivity contribution in [3.63, 3.8) is 0 Å². The molecule has 5 heteroatoms. The molecule has 0 aliphatic carbocycles. The Balaban J connectivity index is 1.96. The fraction of sp³-hybridized carbons (Fsp3) is 0.500. The van der Waals surface area contributed by atoms with Gasteiger partial charge in [-0.3, -0.25) is 4.79 Å². The Morgan fingerprint density at radius 1 is 1.21 bits per heavy atom. The fourth-order valence-corrected chi connectivity index (χ4v) is 1.87. The number of hydrogen-bond acceptors (Lipinski definition) is 4. The molecule has 0 bridgehead atoms. The van der Waals surface area contributed by atoms with Crippen molar-refractivity contribution in [2.45, 2.75) is 12.8 Å². The van der Waals surface area contributed by atoms with Gasteiger partial charge >= 0.3 is 0 Å². The number of fused-ring (bicyclic) bond motifs is 1. The molecule has 0 saturated heterocycles. The number of benzene rings is 1. The lowest BCUT2D eigenvalue weighted by molar-refractivity contribution is 0.0953. The normalized spacial score (nSPS) is 13.7. The summed E-state index contributed by atoms with van der Waals surface area (Å²) in [6, 6.07) is 5.30. The summed E-state index contributed by atoms with van der Waals surface area (Å²) >= 11 is 0. The number of carbonyl (C=O) groups is 1. The van der Waals surface area contributed by atoms with Gasteiger partial charge in [-0.1, -0.05) is 0 Å². The van der Waals surface area contributed by atoms with Gasteiger partial charge in [0.2, 0.25) is 0 Å². The summed E-state index contributed by atoms with van der Waals surface area (Å²) in [5.74, 6) is 1.29. The molecule has 1 aliphatic rings. The van der Waals surface area contributed by atoms with Gasteiger partial charge in [-0.05, 0) is 38.2 Å². The van der Waals surface area contributed by atoms with Crippen molar-refractivity contribution in [1.82, 2.24) is 10.6 Å². The first-order valence-electron chi connectivity index (χ1n) is 6.63. The van der Waals surface area contributed by atoms with Crippen LogP contribution < -0.4 is 20.1 Å². The maximum atomic E-state index is 12.0. The Morgan fingerprint density at radius 2 is 2.00 bits per heavy atom. The average Bonchev–Trinajstić information content (AvgIpc) is 2.67. The summed E-state index contributed by atoms with van der Waals surface area (Å²) in [4.78, 5) is 12.0. The van der Waals surface area contributed by atoms with Crippen LogP contribution in [0.5, 0.6) is 11.5 Å². The highest BCUT2D eigenvalue weighted by atomic mass is 16.5. The molecular formula is C14H20N2O3. The Bertz CT molecular complexity index is 435. The Labute approximate surface area is 113 Å². The minimum absolute atomic E-state index is 0.0771. The molecule has 0 aromatic heterocycles. The SMILES string of the molecule is CNCCCNC(=O)c1ccc2c(c1)OCCCO2. The van der Waals surface area contributed by atoms with Crippen molar-refractivity contribution in [3.05, 3.63) is 23.8 Å². The molecule has 1 aliphatic heterocycles. The van der Waals surface area contributed by atoms with Crippen LogP contribution in [0.4, 0.5) is 0 Å². The molecule has 1 aromatic rings. The molecule has 0 fully saturated rings. The summed E-state index contributed by atoms with van der Waals surface area (Å²) in [7, 11) is 1.89. The Hall–Kier alpha value is -1.75. The molecule has 19 heavy (non-hydrogen) atoms.